The van der Waals surface area contributed by atoms with Crippen molar-refractivity contribution in [3.8, 4) is 0 Å². The van der Waals surface area contributed by atoms with Gasteiger partial charge in [-0.1, -0.05) is 12.7 Å². The number of carbonyl (C=O) groups excluding carboxylic acids is 1. The van der Waals surface area contributed by atoms with Crippen LogP contribution in [0.5, 0.6) is 0 Å². The molecule has 0 rings (SSSR count). The lowest BCUT2D eigenvalue weighted by Gasteiger charge is -2.09. The Morgan fingerprint density at radius 3 is 2.41 bits per heavy atom. The maximum atomic E-state index is 11.4. The van der Waals surface area contributed by atoms with Crippen LogP contribution in [0.4, 0.5) is 0 Å². The molecule has 1 amide bonds. The van der Waals surface area contributed by atoms with Crippen molar-refractivity contribution < 1.29 is 13.2 Å². The van der Waals surface area contributed by atoms with Crippen LogP contribution in [-0.2, 0) is 14.8 Å². The molecule has 1 atom stereocenters. The first-order valence-electron chi connectivity index (χ1n) is 5.38. The van der Waals surface area contributed by atoms with Crippen LogP contribution in [0.15, 0.2) is 24.1 Å². The quantitative estimate of drug-likeness (QED) is 0.668. The number of nitrogens with one attached hydrogen (secondary N) is 2. The van der Waals surface area contributed by atoms with Gasteiger partial charge in [0.2, 0.25) is 15.9 Å². The molecule has 0 saturated carbocycles. The highest BCUT2D eigenvalue weighted by atomic mass is 32.2. The molecule has 2 N–H and O–H groups in total. The zero-order valence-corrected chi connectivity index (χ0v) is 11.3. The normalized spacial score (nSPS) is 13.9. The molecule has 0 fully saturated rings. The first kappa shape index (κ1) is 15.9. The second kappa shape index (κ2) is 7.24. The third kappa shape index (κ3) is 8.65. The second-order valence-corrected chi connectivity index (χ2v) is 5.64. The number of sulfonamides is 1. The molecule has 0 bridgehead atoms. The monoisotopic (exact) mass is 260 g/mol. The fourth-order valence-corrected chi connectivity index (χ4v) is 2.21. The summed E-state index contributed by atoms with van der Waals surface area (Å²) < 4.78 is 25.2. The van der Waals surface area contributed by atoms with Crippen LogP contribution >= 0.6 is 0 Å². The third-order valence-electron chi connectivity index (χ3n) is 1.74. The first-order chi connectivity index (χ1) is 7.76. The molecular weight excluding hydrogens is 240 g/mol. The van der Waals surface area contributed by atoms with Crippen molar-refractivity contribution in [1.29, 1.82) is 0 Å². The molecular formula is C11H20N2O3S. The maximum Gasteiger partial charge on any atom is 0.243 e. The van der Waals surface area contributed by atoms with Gasteiger partial charge in [-0.05, 0) is 33.3 Å². The number of rotatable bonds is 7. The summed E-state index contributed by atoms with van der Waals surface area (Å²) in [6, 6.07) is -0.270. The standard InChI is InChI=1S/C11H20N2O3S/c1-5-11(14)12-10(4)7-6-8-17(15,16)13-9(2)3/h5-6,8-10,13H,1,7H2,2-4H3,(H,12,14)/b8-6+. The third-order valence-corrected chi connectivity index (χ3v) is 3.09. The number of amides is 1. The van der Waals surface area contributed by atoms with E-state index in [1.807, 2.05) is 0 Å². The summed E-state index contributed by atoms with van der Waals surface area (Å²) in [6.45, 7) is 8.61. The van der Waals surface area contributed by atoms with E-state index >= 15 is 0 Å². The van der Waals surface area contributed by atoms with Gasteiger partial charge in [0.25, 0.3) is 0 Å². The minimum atomic E-state index is -3.37. The molecule has 0 aliphatic heterocycles. The predicted molar refractivity (Wildman–Crippen MR) is 68.8 cm³/mol. The van der Waals surface area contributed by atoms with Crippen molar-refractivity contribution in [3.63, 3.8) is 0 Å². The molecule has 0 aliphatic carbocycles. The summed E-state index contributed by atoms with van der Waals surface area (Å²) in [5.74, 6) is -0.269. The van der Waals surface area contributed by atoms with Crippen molar-refractivity contribution in [1.82, 2.24) is 10.0 Å². The molecule has 0 aliphatic rings. The van der Waals surface area contributed by atoms with Crippen LogP contribution in [0.3, 0.4) is 0 Å². The van der Waals surface area contributed by atoms with Gasteiger partial charge in [0.05, 0.1) is 0 Å². The Bertz CT molecular complexity index is 386. The van der Waals surface area contributed by atoms with E-state index in [4.69, 9.17) is 0 Å². The predicted octanol–water partition coefficient (Wildman–Crippen LogP) is 0.909. The zero-order valence-electron chi connectivity index (χ0n) is 10.4. The highest BCUT2D eigenvalue weighted by molar-refractivity contribution is 7.92. The van der Waals surface area contributed by atoms with Crippen LogP contribution in [-0.4, -0.2) is 26.4 Å². The van der Waals surface area contributed by atoms with E-state index in [2.05, 4.69) is 16.6 Å². The SMILES string of the molecule is C=CC(=O)NC(C)C/C=C/S(=O)(=O)NC(C)C. The molecule has 0 aromatic rings. The van der Waals surface area contributed by atoms with Crippen molar-refractivity contribution in [3.05, 3.63) is 24.1 Å². The molecule has 17 heavy (non-hydrogen) atoms. The lowest BCUT2D eigenvalue weighted by Crippen LogP contribution is -2.31. The van der Waals surface area contributed by atoms with Gasteiger partial charge in [-0.25, -0.2) is 13.1 Å². The van der Waals surface area contributed by atoms with Gasteiger partial charge >= 0.3 is 0 Å². The highest BCUT2D eigenvalue weighted by Gasteiger charge is 2.07. The van der Waals surface area contributed by atoms with E-state index < -0.39 is 10.0 Å². The topological polar surface area (TPSA) is 75.3 Å². The summed E-state index contributed by atoms with van der Waals surface area (Å²) in [5, 5.41) is 3.75. The lowest BCUT2D eigenvalue weighted by molar-refractivity contribution is -0.117. The molecule has 0 saturated heterocycles. The molecule has 0 heterocycles. The van der Waals surface area contributed by atoms with E-state index in [0.717, 1.165) is 5.41 Å². The minimum Gasteiger partial charge on any atom is -0.350 e. The Labute approximate surface area is 103 Å². The number of hydrogen-bond donors (Lipinski definition) is 2. The van der Waals surface area contributed by atoms with Crippen LogP contribution in [0, 0.1) is 0 Å². The Balaban J connectivity index is 4.18. The molecule has 5 nitrogen and oxygen atoms in total. The fourth-order valence-electron chi connectivity index (χ4n) is 1.11. The van der Waals surface area contributed by atoms with Crippen molar-refractivity contribution in [2.75, 3.05) is 0 Å². The Morgan fingerprint density at radius 2 is 1.94 bits per heavy atom. The summed E-state index contributed by atoms with van der Waals surface area (Å²) in [6.07, 6.45) is 3.13. The van der Waals surface area contributed by atoms with Crippen LogP contribution in [0.2, 0.25) is 0 Å². The Hall–Kier alpha value is -1.14. The number of hydrogen-bond acceptors (Lipinski definition) is 3. The molecule has 0 radical (unpaired) electrons. The van der Waals surface area contributed by atoms with E-state index in [1.54, 1.807) is 20.8 Å². The summed E-state index contributed by atoms with van der Waals surface area (Å²) >= 11 is 0. The molecule has 0 spiro atoms. The first-order valence-corrected chi connectivity index (χ1v) is 6.93. The van der Waals surface area contributed by atoms with Crippen LogP contribution in [0.1, 0.15) is 27.2 Å². The van der Waals surface area contributed by atoms with Gasteiger partial charge in [0, 0.05) is 17.5 Å². The average molecular weight is 260 g/mol. The highest BCUT2D eigenvalue weighted by Crippen LogP contribution is 1.97. The lowest BCUT2D eigenvalue weighted by atomic mass is 10.2. The fraction of sp³-hybridized carbons (Fsp3) is 0.545. The summed E-state index contributed by atoms with van der Waals surface area (Å²) in [4.78, 5) is 10.9. The largest absolute Gasteiger partial charge is 0.350 e. The minimum absolute atomic E-state index is 0.133. The van der Waals surface area contributed by atoms with Crippen molar-refractivity contribution >= 4 is 15.9 Å². The molecule has 0 aromatic heterocycles. The molecule has 0 aromatic carbocycles. The van der Waals surface area contributed by atoms with Gasteiger partial charge in [-0.15, -0.1) is 0 Å². The van der Waals surface area contributed by atoms with Gasteiger partial charge in [-0.2, -0.15) is 0 Å². The Kier molecular flexibility index (Phi) is 6.75. The van der Waals surface area contributed by atoms with Crippen LogP contribution < -0.4 is 10.0 Å². The smallest absolute Gasteiger partial charge is 0.243 e. The van der Waals surface area contributed by atoms with Gasteiger partial charge < -0.3 is 5.32 Å². The average Bonchev–Trinajstić information content (AvgIpc) is 2.14. The zero-order chi connectivity index (χ0) is 13.5. The van der Waals surface area contributed by atoms with E-state index in [1.165, 1.54) is 12.2 Å². The number of carbonyl (C=O) groups is 1. The molecule has 98 valence electrons. The summed E-state index contributed by atoms with van der Waals surface area (Å²) in [5.41, 5.74) is 0. The van der Waals surface area contributed by atoms with E-state index in [9.17, 15) is 13.2 Å². The van der Waals surface area contributed by atoms with E-state index in [0.29, 0.717) is 6.42 Å². The van der Waals surface area contributed by atoms with Crippen LogP contribution in [0.25, 0.3) is 0 Å². The van der Waals surface area contributed by atoms with Gasteiger partial charge in [0.1, 0.15) is 0 Å². The maximum absolute atomic E-state index is 11.4. The van der Waals surface area contributed by atoms with Gasteiger partial charge in [0.15, 0.2) is 0 Å². The van der Waals surface area contributed by atoms with E-state index in [-0.39, 0.29) is 18.0 Å². The summed E-state index contributed by atoms with van der Waals surface area (Å²) in [7, 11) is -3.37. The molecule has 1 unspecified atom stereocenters. The van der Waals surface area contributed by atoms with Crippen molar-refractivity contribution in [2.45, 2.75) is 39.3 Å². The Morgan fingerprint density at radius 1 is 1.35 bits per heavy atom. The van der Waals surface area contributed by atoms with Gasteiger partial charge in [-0.3, -0.25) is 4.79 Å². The molecule has 6 heteroatoms. The van der Waals surface area contributed by atoms with Crippen molar-refractivity contribution in [2.24, 2.45) is 0 Å². The second-order valence-electron chi connectivity index (χ2n) is 4.04.